The standard InChI is InChI=1S/C15H21N3O2/c19-15-12-8-16-6-5-13(12)17-14(10-3-4-10)18(15)9-11-2-1-7-20-11/h10-11,16H,1-9H2. The molecule has 1 atom stereocenters. The van der Waals surface area contributed by atoms with Crippen molar-refractivity contribution in [3.05, 3.63) is 27.4 Å². The van der Waals surface area contributed by atoms with Gasteiger partial charge in [0, 0.05) is 32.0 Å². The minimum absolute atomic E-state index is 0.166. The summed E-state index contributed by atoms with van der Waals surface area (Å²) >= 11 is 0. The van der Waals surface area contributed by atoms with Crippen molar-refractivity contribution in [3.8, 4) is 0 Å². The van der Waals surface area contributed by atoms with Crippen molar-refractivity contribution in [1.29, 1.82) is 0 Å². The molecule has 4 rings (SSSR count). The third-order valence-corrected chi connectivity index (χ3v) is 4.57. The maximum Gasteiger partial charge on any atom is 0.258 e. The number of ether oxygens (including phenoxy) is 1. The van der Waals surface area contributed by atoms with Crippen molar-refractivity contribution in [1.82, 2.24) is 14.9 Å². The minimum Gasteiger partial charge on any atom is -0.376 e. The Bertz CT molecular complexity index is 571. The number of fused-ring (bicyclic) bond motifs is 1. The molecular weight excluding hydrogens is 254 g/mol. The Kier molecular flexibility index (Phi) is 3.11. The maximum atomic E-state index is 12.8. The molecule has 2 aliphatic heterocycles. The van der Waals surface area contributed by atoms with Gasteiger partial charge in [-0.15, -0.1) is 0 Å². The zero-order valence-corrected chi connectivity index (χ0v) is 11.7. The van der Waals surface area contributed by atoms with Crippen molar-refractivity contribution in [2.75, 3.05) is 13.2 Å². The zero-order valence-electron chi connectivity index (χ0n) is 11.7. The van der Waals surface area contributed by atoms with Crippen LogP contribution >= 0.6 is 0 Å². The molecule has 1 saturated carbocycles. The van der Waals surface area contributed by atoms with Crippen LogP contribution in [0.15, 0.2) is 4.79 Å². The van der Waals surface area contributed by atoms with Crippen LogP contribution in [0.3, 0.4) is 0 Å². The lowest BCUT2D eigenvalue weighted by Crippen LogP contribution is -2.38. The van der Waals surface area contributed by atoms with Crippen LogP contribution in [-0.2, 0) is 24.2 Å². The second kappa shape index (κ2) is 4.97. The summed E-state index contributed by atoms with van der Waals surface area (Å²) in [6.07, 6.45) is 5.60. The summed E-state index contributed by atoms with van der Waals surface area (Å²) in [4.78, 5) is 17.6. The summed E-state index contributed by atoms with van der Waals surface area (Å²) in [6, 6.07) is 0. The van der Waals surface area contributed by atoms with Gasteiger partial charge < -0.3 is 10.1 Å². The van der Waals surface area contributed by atoms with Crippen molar-refractivity contribution < 1.29 is 4.74 Å². The lowest BCUT2D eigenvalue weighted by molar-refractivity contribution is 0.0949. The maximum absolute atomic E-state index is 12.8. The Morgan fingerprint density at radius 2 is 2.25 bits per heavy atom. The van der Waals surface area contributed by atoms with E-state index in [4.69, 9.17) is 9.72 Å². The van der Waals surface area contributed by atoms with Gasteiger partial charge in [-0.25, -0.2) is 4.98 Å². The smallest absolute Gasteiger partial charge is 0.258 e. The molecule has 5 heteroatoms. The van der Waals surface area contributed by atoms with Crippen molar-refractivity contribution >= 4 is 0 Å². The van der Waals surface area contributed by atoms with E-state index < -0.39 is 0 Å². The summed E-state index contributed by atoms with van der Waals surface area (Å²) in [7, 11) is 0. The molecule has 2 fully saturated rings. The molecule has 0 aromatic carbocycles. The van der Waals surface area contributed by atoms with Gasteiger partial charge in [0.05, 0.1) is 23.9 Å². The molecule has 1 aliphatic carbocycles. The Morgan fingerprint density at radius 1 is 1.35 bits per heavy atom. The second-order valence-corrected chi connectivity index (χ2v) is 6.15. The van der Waals surface area contributed by atoms with Crippen LogP contribution < -0.4 is 10.9 Å². The summed E-state index contributed by atoms with van der Waals surface area (Å²) in [5.74, 6) is 1.52. The molecule has 1 unspecified atom stereocenters. The molecule has 1 saturated heterocycles. The van der Waals surface area contributed by atoms with E-state index in [2.05, 4.69) is 5.32 Å². The second-order valence-electron chi connectivity index (χ2n) is 6.15. The fraction of sp³-hybridized carbons (Fsp3) is 0.733. The van der Waals surface area contributed by atoms with Crippen LogP contribution in [0.5, 0.6) is 0 Å². The quantitative estimate of drug-likeness (QED) is 0.892. The first kappa shape index (κ1) is 12.5. The highest BCUT2D eigenvalue weighted by atomic mass is 16.5. The summed E-state index contributed by atoms with van der Waals surface area (Å²) in [6.45, 7) is 3.11. The Labute approximate surface area is 118 Å². The first-order chi connectivity index (χ1) is 9.83. The Morgan fingerprint density at radius 3 is 3.00 bits per heavy atom. The van der Waals surface area contributed by atoms with E-state index in [-0.39, 0.29) is 11.7 Å². The number of hydrogen-bond acceptors (Lipinski definition) is 4. The average molecular weight is 275 g/mol. The van der Waals surface area contributed by atoms with Gasteiger partial charge in [-0.1, -0.05) is 0 Å². The lowest BCUT2D eigenvalue weighted by atomic mass is 10.1. The monoisotopic (exact) mass is 275 g/mol. The predicted octanol–water partition coefficient (Wildman–Crippen LogP) is 0.945. The van der Waals surface area contributed by atoms with Crippen molar-refractivity contribution in [2.24, 2.45) is 0 Å². The van der Waals surface area contributed by atoms with E-state index in [1.54, 1.807) is 0 Å². The van der Waals surface area contributed by atoms with Crippen LogP contribution in [0.2, 0.25) is 0 Å². The van der Waals surface area contributed by atoms with Gasteiger partial charge in [0.2, 0.25) is 0 Å². The van der Waals surface area contributed by atoms with Crippen LogP contribution in [0.25, 0.3) is 0 Å². The molecule has 20 heavy (non-hydrogen) atoms. The molecule has 0 bridgehead atoms. The molecule has 1 N–H and O–H groups in total. The minimum atomic E-state index is 0.166. The largest absolute Gasteiger partial charge is 0.376 e. The summed E-state index contributed by atoms with van der Waals surface area (Å²) < 4.78 is 7.62. The highest BCUT2D eigenvalue weighted by molar-refractivity contribution is 5.24. The third kappa shape index (κ3) is 2.19. The molecule has 0 radical (unpaired) electrons. The third-order valence-electron chi connectivity index (χ3n) is 4.57. The molecule has 1 aromatic heterocycles. The van der Waals surface area contributed by atoms with E-state index in [1.165, 1.54) is 12.8 Å². The summed E-state index contributed by atoms with van der Waals surface area (Å²) in [5, 5.41) is 3.28. The molecule has 0 spiro atoms. The SMILES string of the molecule is O=c1c2c(nc(C3CC3)n1CC1CCCO1)CCNC2. The fourth-order valence-electron chi connectivity index (χ4n) is 3.28. The first-order valence-corrected chi connectivity index (χ1v) is 7.78. The van der Waals surface area contributed by atoms with E-state index in [0.717, 1.165) is 49.5 Å². The molecule has 3 heterocycles. The molecule has 0 amide bonds. The van der Waals surface area contributed by atoms with Crippen molar-refractivity contribution in [3.63, 3.8) is 0 Å². The number of aromatic nitrogens is 2. The Balaban J connectivity index is 1.75. The zero-order chi connectivity index (χ0) is 13.5. The summed E-state index contributed by atoms with van der Waals surface area (Å²) in [5.41, 5.74) is 2.07. The highest BCUT2D eigenvalue weighted by Gasteiger charge is 2.32. The van der Waals surface area contributed by atoms with Gasteiger partial charge in [-0.2, -0.15) is 0 Å². The van der Waals surface area contributed by atoms with Gasteiger partial charge in [0.15, 0.2) is 0 Å². The molecule has 3 aliphatic rings. The average Bonchev–Trinajstić information content (AvgIpc) is 3.19. The van der Waals surface area contributed by atoms with E-state index in [1.807, 2.05) is 4.57 Å². The van der Waals surface area contributed by atoms with E-state index >= 15 is 0 Å². The molecular formula is C15H21N3O2. The molecule has 1 aromatic rings. The first-order valence-electron chi connectivity index (χ1n) is 7.78. The van der Waals surface area contributed by atoms with Crippen LogP contribution in [0.4, 0.5) is 0 Å². The normalized spacial score (nSPS) is 25.7. The number of nitrogens with zero attached hydrogens (tertiary/aromatic N) is 2. The van der Waals surface area contributed by atoms with Gasteiger partial charge in [-0.05, 0) is 25.7 Å². The van der Waals surface area contributed by atoms with Crippen LogP contribution in [0, 0.1) is 0 Å². The highest BCUT2D eigenvalue weighted by Crippen LogP contribution is 2.39. The Hall–Kier alpha value is -1.20. The number of nitrogens with one attached hydrogen (secondary N) is 1. The van der Waals surface area contributed by atoms with Crippen LogP contribution in [0.1, 0.15) is 48.7 Å². The lowest BCUT2D eigenvalue weighted by Gasteiger charge is -2.22. The molecule has 5 nitrogen and oxygen atoms in total. The van der Waals surface area contributed by atoms with E-state index in [0.29, 0.717) is 19.0 Å². The fourth-order valence-corrected chi connectivity index (χ4v) is 3.28. The van der Waals surface area contributed by atoms with Gasteiger partial charge >= 0.3 is 0 Å². The van der Waals surface area contributed by atoms with E-state index in [9.17, 15) is 4.79 Å². The topological polar surface area (TPSA) is 56.2 Å². The molecule has 108 valence electrons. The van der Waals surface area contributed by atoms with Gasteiger partial charge in [-0.3, -0.25) is 9.36 Å². The van der Waals surface area contributed by atoms with Crippen LogP contribution in [-0.4, -0.2) is 28.8 Å². The van der Waals surface area contributed by atoms with Gasteiger partial charge in [0.25, 0.3) is 5.56 Å². The number of hydrogen-bond donors (Lipinski definition) is 1. The number of rotatable bonds is 3. The predicted molar refractivity (Wildman–Crippen MR) is 74.9 cm³/mol. The van der Waals surface area contributed by atoms with Gasteiger partial charge in [0.1, 0.15) is 5.82 Å². The van der Waals surface area contributed by atoms with Crippen molar-refractivity contribution in [2.45, 2.75) is 57.2 Å².